The molecule has 0 spiro atoms. The predicted octanol–water partition coefficient (Wildman–Crippen LogP) is 3.09. The van der Waals surface area contributed by atoms with Crippen LogP contribution in [-0.2, 0) is 23.2 Å². The Morgan fingerprint density at radius 3 is 2.56 bits per heavy atom. The lowest BCUT2D eigenvalue weighted by atomic mass is 9.94. The fraction of sp³-hybridized carbons (Fsp3) is 0.200. The number of aliphatic hydroxyl groups is 1. The molecule has 7 heteroatoms. The summed E-state index contributed by atoms with van der Waals surface area (Å²) in [6.07, 6.45) is 4.40. The van der Waals surface area contributed by atoms with Gasteiger partial charge in [0.15, 0.2) is 0 Å². The number of rotatable bonds is 6. The van der Waals surface area contributed by atoms with Crippen LogP contribution in [0.25, 0.3) is 33.0 Å². The SMILES string of the molecule is COc1ccc2c(C3=C(c4cccc5ccn(C)c45)C(=O)NC3=O)cn(CCCO)c2c1. The molecule has 0 bridgehead atoms. The van der Waals surface area contributed by atoms with Crippen LogP contribution in [0.4, 0.5) is 0 Å². The molecule has 7 nitrogen and oxygen atoms in total. The van der Waals surface area contributed by atoms with E-state index in [-0.39, 0.29) is 6.61 Å². The molecule has 2 aromatic heterocycles. The topological polar surface area (TPSA) is 85.5 Å². The standard InChI is InChI=1S/C25H23N3O4/c1-27-11-9-15-5-3-6-18(23(15)27)21-22(25(31)26-24(21)30)19-14-28(10-4-12-29)20-13-16(32-2)7-8-17(19)20/h3,5-9,11,13-14,29H,4,10,12H2,1-2H3,(H,26,30,31). The van der Waals surface area contributed by atoms with E-state index in [2.05, 4.69) is 5.32 Å². The van der Waals surface area contributed by atoms with Crippen molar-refractivity contribution in [1.82, 2.24) is 14.5 Å². The molecule has 0 saturated carbocycles. The van der Waals surface area contributed by atoms with Crippen LogP contribution in [0.1, 0.15) is 17.5 Å². The molecule has 162 valence electrons. The fourth-order valence-electron chi connectivity index (χ4n) is 4.55. The number of carbonyl (C=O) groups excluding carboxylic acids is 2. The van der Waals surface area contributed by atoms with Gasteiger partial charge < -0.3 is 19.0 Å². The van der Waals surface area contributed by atoms with Crippen LogP contribution >= 0.6 is 0 Å². The van der Waals surface area contributed by atoms with Gasteiger partial charge in [0.2, 0.25) is 0 Å². The zero-order valence-electron chi connectivity index (χ0n) is 17.9. The van der Waals surface area contributed by atoms with E-state index in [4.69, 9.17) is 4.74 Å². The smallest absolute Gasteiger partial charge is 0.259 e. The summed E-state index contributed by atoms with van der Waals surface area (Å²) < 4.78 is 9.34. The van der Waals surface area contributed by atoms with Crippen molar-refractivity contribution in [2.24, 2.45) is 7.05 Å². The molecule has 0 unspecified atom stereocenters. The maximum Gasteiger partial charge on any atom is 0.259 e. The van der Waals surface area contributed by atoms with Gasteiger partial charge in [-0.2, -0.15) is 0 Å². The van der Waals surface area contributed by atoms with Gasteiger partial charge in [-0.3, -0.25) is 14.9 Å². The summed E-state index contributed by atoms with van der Waals surface area (Å²) in [6, 6.07) is 13.4. The second kappa shape index (κ2) is 7.69. The van der Waals surface area contributed by atoms with Crippen molar-refractivity contribution in [2.45, 2.75) is 13.0 Å². The number of imide groups is 1. The number of aromatic nitrogens is 2. The van der Waals surface area contributed by atoms with Gasteiger partial charge in [0.05, 0.1) is 29.3 Å². The Labute approximate surface area is 184 Å². The molecule has 0 atom stereocenters. The quantitative estimate of drug-likeness (QED) is 0.461. The number of para-hydroxylation sites is 1. The maximum atomic E-state index is 13.0. The van der Waals surface area contributed by atoms with Crippen LogP contribution in [0.5, 0.6) is 5.75 Å². The highest BCUT2D eigenvalue weighted by molar-refractivity contribution is 6.50. The molecule has 1 aliphatic rings. The van der Waals surface area contributed by atoms with E-state index in [1.54, 1.807) is 7.11 Å². The van der Waals surface area contributed by atoms with Crippen molar-refractivity contribution in [3.05, 3.63) is 66.0 Å². The van der Waals surface area contributed by atoms with Crippen molar-refractivity contribution in [2.75, 3.05) is 13.7 Å². The Balaban J connectivity index is 1.81. The van der Waals surface area contributed by atoms with Crippen LogP contribution < -0.4 is 10.1 Å². The van der Waals surface area contributed by atoms with E-state index >= 15 is 0 Å². The molecule has 0 radical (unpaired) electrons. The van der Waals surface area contributed by atoms with Crippen molar-refractivity contribution in [1.29, 1.82) is 0 Å². The van der Waals surface area contributed by atoms with Gasteiger partial charge in [0, 0.05) is 60.6 Å². The first-order valence-electron chi connectivity index (χ1n) is 10.5. The highest BCUT2D eigenvalue weighted by Gasteiger charge is 2.35. The minimum Gasteiger partial charge on any atom is -0.497 e. The summed E-state index contributed by atoms with van der Waals surface area (Å²) in [5, 5.41) is 13.7. The minimum atomic E-state index is -0.409. The molecular weight excluding hydrogens is 406 g/mol. The van der Waals surface area contributed by atoms with E-state index < -0.39 is 11.8 Å². The molecule has 0 aliphatic carbocycles. The number of hydrogen-bond donors (Lipinski definition) is 2. The number of methoxy groups -OCH3 is 1. The van der Waals surface area contributed by atoms with Crippen LogP contribution in [0.3, 0.4) is 0 Å². The Morgan fingerprint density at radius 2 is 1.81 bits per heavy atom. The summed E-state index contributed by atoms with van der Waals surface area (Å²) in [5.41, 5.74) is 3.92. The molecule has 2 N–H and O–H groups in total. The number of carbonyl (C=O) groups is 2. The number of benzene rings is 2. The Morgan fingerprint density at radius 1 is 1.03 bits per heavy atom. The number of nitrogens with one attached hydrogen (secondary N) is 1. The number of amides is 2. The first kappa shape index (κ1) is 20.1. The molecule has 0 fully saturated rings. The Bertz CT molecular complexity index is 1420. The van der Waals surface area contributed by atoms with Crippen molar-refractivity contribution < 1.29 is 19.4 Å². The lowest BCUT2D eigenvalue weighted by molar-refractivity contribution is -0.122. The molecule has 5 rings (SSSR count). The third-order valence-electron chi connectivity index (χ3n) is 6.01. The van der Waals surface area contributed by atoms with E-state index in [0.29, 0.717) is 35.4 Å². The zero-order chi connectivity index (χ0) is 22.4. The third-order valence-corrected chi connectivity index (χ3v) is 6.01. The van der Waals surface area contributed by atoms with Gasteiger partial charge >= 0.3 is 0 Å². The first-order valence-corrected chi connectivity index (χ1v) is 10.5. The van der Waals surface area contributed by atoms with Crippen LogP contribution in [0, 0.1) is 0 Å². The number of fused-ring (bicyclic) bond motifs is 2. The van der Waals surface area contributed by atoms with Crippen molar-refractivity contribution in [3.8, 4) is 5.75 Å². The average Bonchev–Trinajstić information content (AvgIpc) is 3.44. The normalized spacial score (nSPS) is 14.1. The molecule has 2 amide bonds. The zero-order valence-corrected chi connectivity index (χ0v) is 17.9. The van der Waals surface area contributed by atoms with E-state index in [9.17, 15) is 14.7 Å². The number of nitrogens with zero attached hydrogens (tertiary/aromatic N) is 2. The summed E-state index contributed by atoms with van der Waals surface area (Å²) >= 11 is 0. The van der Waals surface area contributed by atoms with Crippen molar-refractivity contribution in [3.63, 3.8) is 0 Å². The Kier molecular flexibility index (Phi) is 4.83. The van der Waals surface area contributed by atoms with E-state index in [1.807, 2.05) is 71.0 Å². The second-order valence-corrected chi connectivity index (χ2v) is 7.90. The Hall–Kier alpha value is -3.84. The monoisotopic (exact) mass is 429 g/mol. The van der Waals surface area contributed by atoms with Crippen molar-refractivity contribution >= 4 is 44.8 Å². The van der Waals surface area contributed by atoms with Gasteiger partial charge in [0.25, 0.3) is 11.8 Å². The number of aryl methyl sites for hydroxylation is 2. The molecule has 2 aromatic carbocycles. The van der Waals surface area contributed by atoms with Crippen LogP contribution in [0.15, 0.2) is 54.9 Å². The molecular formula is C25H23N3O4. The fourth-order valence-corrected chi connectivity index (χ4v) is 4.55. The van der Waals surface area contributed by atoms with Gasteiger partial charge in [-0.1, -0.05) is 18.2 Å². The van der Waals surface area contributed by atoms with E-state index in [0.717, 1.165) is 27.4 Å². The number of ether oxygens (including phenoxy) is 1. The average molecular weight is 429 g/mol. The maximum absolute atomic E-state index is 13.0. The molecule has 0 saturated heterocycles. The van der Waals surface area contributed by atoms with Gasteiger partial charge in [-0.25, -0.2) is 0 Å². The summed E-state index contributed by atoms with van der Waals surface area (Å²) in [5.74, 6) is -0.112. The highest BCUT2D eigenvalue weighted by atomic mass is 16.5. The molecule has 32 heavy (non-hydrogen) atoms. The van der Waals surface area contributed by atoms with Gasteiger partial charge in [-0.15, -0.1) is 0 Å². The minimum absolute atomic E-state index is 0.0569. The lowest BCUT2D eigenvalue weighted by Crippen LogP contribution is -2.22. The van der Waals surface area contributed by atoms with Crippen LogP contribution in [-0.4, -0.2) is 39.8 Å². The largest absolute Gasteiger partial charge is 0.497 e. The van der Waals surface area contributed by atoms with E-state index in [1.165, 1.54) is 0 Å². The van der Waals surface area contributed by atoms with Crippen LogP contribution in [0.2, 0.25) is 0 Å². The molecule has 1 aliphatic heterocycles. The second-order valence-electron chi connectivity index (χ2n) is 7.90. The number of hydrogen-bond acceptors (Lipinski definition) is 4. The summed E-state index contributed by atoms with van der Waals surface area (Å²) in [4.78, 5) is 26.0. The summed E-state index contributed by atoms with van der Waals surface area (Å²) in [6.45, 7) is 0.632. The first-order chi connectivity index (χ1) is 15.5. The van der Waals surface area contributed by atoms with Gasteiger partial charge in [-0.05, 0) is 24.6 Å². The third kappa shape index (κ3) is 3.01. The molecule has 3 heterocycles. The highest BCUT2D eigenvalue weighted by Crippen LogP contribution is 2.39. The molecule has 4 aromatic rings. The van der Waals surface area contributed by atoms with Gasteiger partial charge in [0.1, 0.15) is 5.75 Å². The summed E-state index contributed by atoms with van der Waals surface area (Å²) in [7, 11) is 3.53. The lowest BCUT2D eigenvalue weighted by Gasteiger charge is -2.08. The predicted molar refractivity (Wildman–Crippen MR) is 123 cm³/mol. The number of aliphatic hydroxyl groups excluding tert-OH is 1.